The van der Waals surface area contributed by atoms with Crippen molar-refractivity contribution in [2.75, 3.05) is 0 Å². The molecule has 1 aliphatic rings. The molecule has 0 radical (unpaired) electrons. The first-order valence-corrected chi connectivity index (χ1v) is 2.02. The molecule has 1 rings (SSSR count). The van der Waals surface area contributed by atoms with Crippen LogP contribution in [0.15, 0.2) is 0 Å². The average Bonchev–Trinajstić information content (AvgIpc) is 1.87. The van der Waals surface area contributed by atoms with Gasteiger partial charge in [0.2, 0.25) is 0 Å². The summed E-state index contributed by atoms with van der Waals surface area (Å²) < 4.78 is 0. The van der Waals surface area contributed by atoms with Gasteiger partial charge in [-0.1, -0.05) is 0 Å². The van der Waals surface area contributed by atoms with E-state index in [2.05, 4.69) is 15.6 Å². The third kappa shape index (κ3) is 0.806. The normalized spacial score (nSPS) is 29.3. The van der Waals surface area contributed by atoms with Gasteiger partial charge in [-0.3, -0.25) is 0 Å². The van der Waals surface area contributed by atoms with Crippen molar-refractivity contribution in [3.63, 3.8) is 0 Å². The molecular weight excluding hydrogens is 96.0 g/mol. The van der Waals surface area contributed by atoms with E-state index in [4.69, 9.17) is 0 Å². The van der Waals surface area contributed by atoms with E-state index in [0.717, 1.165) is 0 Å². The summed E-state index contributed by atoms with van der Waals surface area (Å²) in [6.45, 7) is 1.78. The summed E-state index contributed by atoms with van der Waals surface area (Å²) in [5.74, 6) is 0. The Bertz CT molecular complexity index is 92.9. The molecule has 1 amide bonds. The lowest BCUT2D eigenvalue weighted by molar-refractivity contribution is 0.124. The van der Waals surface area contributed by atoms with Crippen LogP contribution in [0.25, 0.3) is 0 Å². The van der Waals surface area contributed by atoms with Crippen LogP contribution < -0.4 is 10.8 Å². The molecule has 1 aliphatic heterocycles. The highest BCUT2D eigenvalue weighted by atomic mass is 16.7. The van der Waals surface area contributed by atoms with E-state index in [1.54, 1.807) is 6.92 Å². The summed E-state index contributed by atoms with van der Waals surface area (Å²) in [7, 11) is 0. The van der Waals surface area contributed by atoms with Crippen LogP contribution >= 0.6 is 0 Å². The molecule has 0 aromatic rings. The molecule has 1 atom stereocenters. The predicted octanol–water partition coefficient (Wildman–Crippen LogP) is -0.423. The fourth-order valence-corrected chi connectivity index (χ4v) is 0.378. The van der Waals surface area contributed by atoms with Crippen LogP contribution in [-0.4, -0.2) is 12.3 Å². The third-order valence-corrected chi connectivity index (χ3v) is 0.663. The third-order valence-electron chi connectivity index (χ3n) is 0.663. The second kappa shape index (κ2) is 1.38. The number of amides is 1. The molecule has 1 heterocycles. The van der Waals surface area contributed by atoms with Crippen LogP contribution in [0.4, 0.5) is 4.79 Å². The summed E-state index contributed by atoms with van der Waals surface area (Å²) in [5, 5.41) is 2.44. The fraction of sp³-hybridized carbons (Fsp3) is 0.667. The van der Waals surface area contributed by atoms with Crippen LogP contribution in [0, 0.1) is 0 Å². The lowest BCUT2D eigenvalue weighted by Crippen LogP contribution is -2.27. The zero-order valence-corrected chi connectivity index (χ0v) is 3.89. The molecule has 0 aromatic carbocycles. The number of carbonyl (C=O) groups is 1. The maximum Gasteiger partial charge on any atom is 0.427 e. The molecule has 4 nitrogen and oxygen atoms in total. The quantitative estimate of drug-likeness (QED) is 0.436. The highest BCUT2D eigenvalue weighted by molar-refractivity contribution is 5.68. The molecule has 7 heavy (non-hydrogen) atoms. The van der Waals surface area contributed by atoms with E-state index in [1.807, 2.05) is 0 Å². The van der Waals surface area contributed by atoms with Gasteiger partial charge in [-0.25, -0.2) is 4.79 Å². The lowest BCUT2D eigenvalue weighted by atomic mass is 10.6. The standard InChI is InChI=1S/C3H6N2O2/c1-2-4-3(6)7-5-2/h2,5H,1H3,(H,4,6). The van der Waals surface area contributed by atoms with Gasteiger partial charge in [0.1, 0.15) is 6.17 Å². The molecule has 0 spiro atoms. The van der Waals surface area contributed by atoms with E-state index in [-0.39, 0.29) is 6.17 Å². The van der Waals surface area contributed by atoms with Crippen LogP contribution in [0.1, 0.15) is 6.92 Å². The monoisotopic (exact) mass is 102 g/mol. The second-order valence-corrected chi connectivity index (χ2v) is 1.37. The highest BCUT2D eigenvalue weighted by Crippen LogP contribution is 1.85. The first-order valence-electron chi connectivity index (χ1n) is 2.02. The Kier molecular flexibility index (Phi) is 0.867. The van der Waals surface area contributed by atoms with E-state index < -0.39 is 6.09 Å². The molecule has 0 saturated carbocycles. The van der Waals surface area contributed by atoms with Crippen LogP contribution in [0.5, 0.6) is 0 Å². The second-order valence-electron chi connectivity index (χ2n) is 1.37. The minimum absolute atomic E-state index is 0.0486. The summed E-state index contributed by atoms with van der Waals surface area (Å²) >= 11 is 0. The van der Waals surface area contributed by atoms with Gasteiger partial charge in [0.05, 0.1) is 0 Å². The van der Waals surface area contributed by atoms with Crippen molar-refractivity contribution in [2.45, 2.75) is 13.1 Å². The van der Waals surface area contributed by atoms with Crippen molar-refractivity contribution < 1.29 is 9.63 Å². The van der Waals surface area contributed by atoms with Crippen molar-refractivity contribution in [3.05, 3.63) is 0 Å². The number of hydrogen-bond donors (Lipinski definition) is 2. The first kappa shape index (κ1) is 4.39. The van der Waals surface area contributed by atoms with Crippen molar-refractivity contribution in [1.29, 1.82) is 0 Å². The molecule has 1 saturated heterocycles. The topological polar surface area (TPSA) is 50.4 Å². The molecule has 1 fully saturated rings. The highest BCUT2D eigenvalue weighted by Gasteiger charge is 2.15. The predicted molar refractivity (Wildman–Crippen MR) is 22.2 cm³/mol. The molecule has 1 unspecified atom stereocenters. The van der Waals surface area contributed by atoms with E-state index in [9.17, 15) is 4.79 Å². The molecule has 0 aromatic heterocycles. The van der Waals surface area contributed by atoms with Crippen molar-refractivity contribution in [1.82, 2.24) is 10.8 Å². The summed E-state index contributed by atoms with van der Waals surface area (Å²) in [6.07, 6.45) is -0.458. The van der Waals surface area contributed by atoms with E-state index in [0.29, 0.717) is 0 Å². The van der Waals surface area contributed by atoms with Gasteiger partial charge < -0.3 is 10.2 Å². The zero-order chi connectivity index (χ0) is 5.28. The van der Waals surface area contributed by atoms with Crippen LogP contribution in [-0.2, 0) is 4.84 Å². The molecule has 0 bridgehead atoms. The average molecular weight is 102 g/mol. The van der Waals surface area contributed by atoms with Gasteiger partial charge >= 0.3 is 6.09 Å². The number of nitrogens with one attached hydrogen (secondary N) is 2. The number of carbonyl (C=O) groups excluding carboxylic acids is 1. The zero-order valence-electron chi connectivity index (χ0n) is 3.89. The largest absolute Gasteiger partial charge is 0.427 e. The van der Waals surface area contributed by atoms with Gasteiger partial charge in [0.25, 0.3) is 0 Å². The van der Waals surface area contributed by atoms with Crippen LogP contribution in [0.3, 0.4) is 0 Å². The Labute approximate surface area is 40.8 Å². The Morgan fingerprint density at radius 3 is 2.71 bits per heavy atom. The van der Waals surface area contributed by atoms with Gasteiger partial charge in [0, 0.05) is 0 Å². The minimum Gasteiger partial charge on any atom is -0.352 e. The van der Waals surface area contributed by atoms with Crippen molar-refractivity contribution in [2.24, 2.45) is 0 Å². The number of hydroxylamine groups is 1. The summed E-state index contributed by atoms with van der Waals surface area (Å²) in [5.41, 5.74) is 2.41. The van der Waals surface area contributed by atoms with E-state index >= 15 is 0 Å². The lowest BCUT2D eigenvalue weighted by Gasteiger charge is -1.92. The molecule has 2 N–H and O–H groups in total. The molecule has 0 aliphatic carbocycles. The molecule has 40 valence electrons. The SMILES string of the molecule is CC1NOC(=O)N1. The van der Waals surface area contributed by atoms with Crippen molar-refractivity contribution in [3.8, 4) is 0 Å². The smallest absolute Gasteiger partial charge is 0.352 e. The minimum atomic E-state index is -0.410. The van der Waals surface area contributed by atoms with Crippen molar-refractivity contribution >= 4 is 6.09 Å². The maximum absolute atomic E-state index is 10.1. The Morgan fingerprint density at radius 2 is 2.57 bits per heavy atom. The Hall–Kier alpha value is -0.770. The van der Waals surface area contributed by atoms with Gasteiger partial charge in [-0.2, -0.15) is 0 Å². The van der Waals surface area contributed by atoms with Gasteiger partial charge in [-0.15, -0.1) is 5.48 Å². The fourth-order valence-electron chi connectivity index (χ4n) is 0.378. The van der Waals surface area contributed by atoms with E-state index in [1.165, 1.54) is 0 Å². The Balaban J connectivity index is 2.40. The maximum atomic E-state index is 10.1. The number of hydrogen-bond acceptors (Lipinski definition) is 3. The molecule has 4 heteroatoms. The molecular formula is C3H6N2O2. The number of rotatable bonds is 0. The van der Waals surface area contributed by atoms with Gasteiger partial charge in [0.15, 0.2) is 0 Å². The summed E-state index contributed by atoms with van der Waals surface area (Å²) in [6, 6.07) is 0. The first-order chi connectivity index (χ1) is 3.29. The van der Waals surface area contributed by atoms with Gasteiger partial charge in [-0.05, 0) is 6.92 Å². The summed E-state index contributed by atoms with van der Waals surface area (Å²) in [4.78, 5) is 14.3. The van der Waals surface area contributed by atoms with Crippen LogP contribution in [0.2, 0.25) is 0 Å². The Morgan fingerprint density at radius 1 is 1.86 bits per heavy atom.